The van der Waals surface area contributed by atoms with Crippen LogP contribution in [-0.2, 0) is 14.3 Å². The molecule has 2 rings (SSSR count). The van der Waals surface area contributed by atoms with Crippen molar-refractivity contribution in [2.45, 2.75) is 45.1 Å². The van der Waals surface area contributed by atoms with Crippen molar-refractivity contribution < 1.29 is 14.3 Å². The van der Waals surface area contributed by atoms with Crippen LogP contribution in [0.4, 0.5) is 0 Å². The van der Waals surface area contributed by atoms with Gasteiger partial charge < -0.3 is 9.64 Å². The van der Waals surface area contributed by atoms with Crippen molar-refractivity contribution in [3.63, 3.8) is 0 Å². The Morgan fingerprint density at radius 3 is 2.58 bits per heavy atom. The van der Waals surface area contributed by atoms with E-state index in [-0.39, 0.29) is 24.3 Å². The zero-order valence-electron chi connectivity index (χ0n) is 14.6. The molecule has 4 heteroatoms. The van der Waals surface area contributed by atoms with Crippen LogP contribution in [-0.4, -0.2) is 36.5 Å². The number of hydrogen-bond donors (Lipinski definition) is 0. The van der Waals surface area contributed by atoms with E-state index >= 15 is 0 Å². The Labute approximate surface area is 144 Å². The summed E-state index contributed by atoms with van der Waals surface area (Å²) in [6, 6.07) is 9.98. The molecule has 0 saturated heterocycles. The van der Waals surface area contributed by atoms with Gasteiger partial charge in [-0.1, -0.05) is 50.1 Å². The molecule has 1 aromatic rings. The number of hydrogen-bond acceptors (Lipinski definition) is 3. The summed E-state index contributed by atoms with van der Waals surface area (Å²) in [7, 11) is 1.38. The van der Waals surface area contributed by atoms with Gasteiger partial charge in [0.05, 0.1) is 13.5 Å². The number of ether oxygens (including phenoxy) is 1. The first kappa shape index (κ1) is 18.2. The molecule has 0 spiro atoms. The van der Waals surface area contributed by atoms with E-state index in [0.29, 0.717) is 12.5 Å². The third-order valence-corrected chi connectivity index (χ3v) is 4.75. The molecular weight excluding hydrogens is 302 g/mol. The van der Waals surface area contributed by atoms with Gasteiger partial charge in [0.1, 0.15) is 0 Å². The highest BCUT2D eigenvalue weighted by molar-refractivity contribution is 5.92. The zero-order chi connectivity index (χ0) is 17.4. The number of benzene rings is 1. The molecule has 2 unspecified atom stereocenters. The van der Waals surface area contributed by atoms with E-state index in [2.05, 4.69) is 6.92 Å². The number of nitrogens with zero attached hydrogens (tertiary/aromatic N) is 1. The van der Waals surface area contributed by atoms with Gasteiger partial charge in [0.2, 0.25) is 5.91 Å². The monoisotopic (exact) mass is 329 g/mol. The summed E-state index contributed by atoms with van der Waals surface area (Å²) >= 11 is 0. The summed E-state index contributed by atoms with van der Waals surface area (Å²) in [6.45, 7) is 2.61. The lowest BCUT2D eigenvalue weighted by molar-refractivity contribution is -0.142. The second-order valence-electron chi connectivity index (χ2n) is 6.43. The van der Waals surface area contributed by atoms with Gasteiger partial charge in [0.15, 0.2) is 0 Å². The van der Waals surface area contributed by atoms with Crippen LogP contribution in [0.5, 0.6) is 0 Å². The quantitative estimate of drug-likeness (QED) is 0.591. The fraction of sp³-hybridized carbons (Fsp3) is 0.500. The smallest absolute Gasteiger partial charge is 0.307 e. The molecule has 4 nitrogen and oxygen atoms in total. The summed E-state index contributed by atoms with van der Waals surface area (Å²) < 4.78 is 4.73. The second-order valence-corrected chi connectivity index (χ2v) is 6.43. The molecule has 0 radical (unpaired) electrons. The van der Waals surface area contributed by atoms with Crippen molar-refractivity contribution in [1.29, 1.82) is 0 Å². The zero-order valence-corrected chi connectivity index (χ0v) is 14.6. The largest absolute Gasteiger partial charge is 0.469 e. The minimum atomic E-state index is -0.275. The summed E-state index contributed by atoms with van der Waals surface area (Å²) in [4.78, 5) is 26.1. The average Bonchev–Trinajstić information content (AvgIpc) is 2.62. The summed E-state index contributed by atoms with van der Waals surface area (Å²) in [5.74, 6) is 0.162. The lowest BCUT2D eigenvalue weighted by Crippen LogP contribution is -2.45. The minimum absolute atomic E-state index is 0.0264. The molecule has 1 aliphatic rings. The third-order valence-electron chi connectivity index (χ3n) is 4.75. The maximum atomic E-state index is 12.7. The summed E-state index contributed by atoms with van der Waals surface area (Å²) in [6.07, 6.45) is 8.19. The molecule has 0 bridgehead atoms. The molecule has 1 aliphatic carbocycles. The van der Waals surface area contributed by atoms with Crippen LogP contribution in [0.3, 0.4) is 0 Å². The van der Waals surface area contributed by atoms with Crippen LogP contribution >= 0.6 is 0 Å². The molecule has 1 amide bonds. The van der Waals surface area contributed by atoms with Crippen molar-refractivity contribution in [3.8, 4) is 0 Å². The van der Waals surface area contributed by atoms with E-state index in [1.54, 1.807) is 6.08 Å². The number of methoxy groups -OCH3 is 1. The minimum Gasteiger partial charge on any atom is -0.469 e. The highest BCUT2D eigenvalue weighted by atomic mass is 16.5. The predicted molar refractivity (Wildman–Crippen MR) is 95.2 cm³/mol. The fourth-order valence-corrected chi connectivity index (χ4v) is 3.34. The Bertz CT molecular complexity index is 568. The van der Waals surface area contributed by atoms with Crippen LogP contribution in [0, 0.1) is 5.92 Å². The van der Waals surface area contributed by atoms with E-state index in [0.717, 1.165) is 24.8 Å². The van der Waals surface area contributed by atoms with Crippen LogP contribution in [0.1, 0.15) is 44.6 Å². The van der Waals surface area contributed by atoms with Crippen molar-refractivity contribution in [1.82, 2.24) is 4.90 Å². The Hall–Kier alpha value is -2.10. The Morgan fingerprint density at radius 1 is 1.21 bits per heavy atom. The maximum Gasteiger partial charge on any atom is 0.307 e. The Morgan fingerprint density at radius 2 is 1.92 bits per heavy atom. The van der Waals surface area contributed by atoms with Gasteiger partial charge in [-0.25, -0.2) is 0 Å². The van der Waals surface area contributed by atoms with Crippen molar-refractivity contribution in [2.75, 3.05) is 13.7 Å². The second kappa shape index (κ2) is 9.26. The first-order valence-corrected chi connectivity index (χ1v) is 8.72. The van der Waals surface area contributed by atoms with Gasteiger partial charge in [0.25, 0.3) is 0 Å². The SMILES string of the molecule is COC(=O)CCN(C(=O)/C=C/c1ccccc1)C1CCCCC1C. The highest BCUT2D eigenvalue weighted by Crippen LogP contribution is 2.28. The van der Waals surface area contributed by atoms with Crippen LogP contribution in [0.2, 0.25) is 0 Å². The van der Waals surface area contributed by atoms with Gasteiger partial charge in [-0.15, -0.1) is 0 Å². The van der Waals surface area contributed by atoms with Crippen LogP contribution < -0.4 is 0 Å². The molecule has 1 saturated carbocycles. The Kier molecular flexibility index (Phi) is 7.04. The summed E-state index contributed by atoms with van der Waals surface area (Å²) in [5.41, 5.74) is 0.996. The van der Waals surface area contributed by atoms with Gasteiger partial charge in [-0.3, -0.25) is 9.59 Å². The number of rotatable bonds is 6. The molecule has 0 aliphatic heterocycles. The molecule has 1 aromatic carbocycles. The third kappa shape index (κ3) is 5.22. The molecule has 1 fully saturated rings. The molecule has 2 atom stereocenters. The Balaban J connectivity index is 2.09. The standard InChI is InChI=1S/C20H27NO3/c1-16-8-6-7-11-18(16)21(15-14-20(23)24-2)19(22)13-12-17-9-4-3-5-10-17/h3-5,9-10,12-13,16,18H,6-8,11,14-15H2,1-2H3/b13-12+. The predicted octanol–water partition coefficient (Wildman–Crippen LogP) is 3.67. The van der Waals surface area contributed by atoms with E-state index in [1.165, 1.54) is 13.5 Å². The van der Waals surface area contributed by atoms with Crippen molar-refractivity contribution >= 4 is 18.0 Å². The van der Waals surface area contributed by atoms with Crippen LogP contribution in [0.25, 0.3) is 6.08 Å². The maximum absolute atomic E-state index is 12.7. The molecule has 24 heavy (non-hydrogen) atoms. The number of carbonyl (C=O) groups excluding carboxylic acids is 2. The topological polar surface area (TPSA) is 46.6 Å². The molecule has 130 valence electrons. The van der Waals surface area contributed by atoms with E-state index in [1.807, 2.05) is 41.3 Å². The number of carbonyl (C=O) groups is 2. The van der Waals surface area contributed by atoms with E-state index in [4.69, 9.17) is 4.74 Å². The van der Waals surface area contributed by atoms with Gasteiger partial charge in [-0.2, -0.15) is 0 Å². The average molecular weight is 329 g/mol. The normalized spacial score (nSPS) is 20.8. The molecule has 0 N–H and O–H groups in total. The fourth-order valence-electron chi connectivity index (χ4n) is 3.34. The number of esters is 1. The van der Waals surface area contributed by atoms with Gasteiger partial charge in [-0.05, 0) is 30.4 Å². The van der Waals surface area contributed by atoms with Crippen LogP contribution in [0.15, 0.2) is 36.4 Å². The van der Waals surface area contributed by atoms with E-state index in [9.17, 15) is 9.59 Å². The first-order chi connectivity index (χ1) is 11.6. The lowest BCUT2D eigenvalue weighted by Gasteiger charge is -2.38. The lowest BCUT2D eigenvalue weighted by atomic mass is 9.84. The highest BCUT2D eigenvalue weighted by Gasteiger charge is 2.29. The van der Waals surface area contributed by atoms with Crippen molar-refractivity contribution in [3.05, 3.63) is 42.0 Å². The van der Waals surface area contributed by atoms with Gasteiger partial charge in [0, 0.05) is 18.7 Å². The van der Waals surface area contributed by atoms with Gasteiger partial charge >= 0.3 is 5.97 Å². The molecule has 0 heterocycles. The molecular formula is C20H27NO3. The summed E-state index contributed by atoms with van der Waals surface area (Å²) in [5, 5.41) is 0. The number of amides is 1. The van der Waals surface area contributed by atoms with E-state index < -0.39 is 0 Å². The van der Waals surface area contributed by atoms with Crippen molar-refractivity contribution in [2.24, 2.45) is 5.92 Å². The first-order valence-electron chi connectivity index (χ1n) is 8.72. The molecule has 0 aromatic heterocycles.